The van der Waals surface area contributed by atoms with Crippen LogP contribution in [0.5, 0.6) is 5.75 Å². The summed E-state index contributed by atoms with van der Waals surface area (Å²) in [6.07, 6.45) is 2.24. The van der Waals surface area contributed by atoms with E-state index in [1.807, 2.05) is 32.0 Å². The Hall–Kier alpha value is -2.86. The monoisotopic (exact) mass is 382 g/mol. The lowest BCUT2D eigenvalue weighted by molar-refractivity contribution is -0.115. The number of carbonyl (C=O) groups excluding carboxylic acids is 2. The van der Waals surface area contributed by atoms with Crippen molar-refractivity contribution in [1.82, 2.24) is 5.32 Å². The summed E-state index contributed by atoms with van der Waals surface area (Å²) in [5.41, 5.74) is 3.23. The number of benzene rings is 2. The minimum absolute atomic E-state index is 0.0934. The van der Waals surface area contributed by atoms with Crippen LogP contribution in [0.25, 0.3) is 0 Å². The molecule has 1 aliphatic rings. The molecule has 2 aromatic carbocycles. The molecule has 2 aromatic rings. The molecule has 0 unspecified atom stereocenters. The first kappa shape index (κ1) is 19.9. The van der Waals surface area contributed by atoms with Crippen LogP contribution in [0, 0.1) is 13.8 Å². The van der Waals surface area contributed by atoms with E-state index in [1.165, 1.54) is 0 Å². The van der Waals surface area contributed by atoms with Gasteiger partial charge in [0.15, 0.2) is 0 Å². The zero-order valence-corrected chi connectivity index (χ0v) is 16.3. The van der Waals surface area contributed by atoms with Crippen molar-refractivity contribution in [1.29, 1.82) is 0 Å². The standard InChI is InChI=1S/C22H26N2O4/c1-15-5-3-6-16(2)21(15)24-20(25)13-23-22(26)17-8-10-18(11-9-17)28-14-19-7-4-12-27-19/h3,5-6,8-11,19H,4,7,12-14H2,1-2H3,(H,23,26)(H,24,25)/t19-/m1/s1. The van der Waals surface area contributed by atoms with Crippen LogP contribution < -0.4 is 15.4 Å². The fourth-order valence-corrected chi connectivity index (χ4v) is 3.13. The van der Waals surface area contributed by atoms with E-state index in [0.29, 0.717) is 17.9 Å². The first-order valence-corrected chi connectivity index (χ1v) is 9.51. The lowest BCUT2D eigenvalue weighted by atomic mass is 10.1. The normalized spacial score (nSPS) is 15.9. The number of ether oxygens (including phenoxy) is 2. The van der Waals surface area contributed by atoms with Gasteiger partial charge in [0.25, 0.3) is 5.91 Å². The van der Waals surface area contributed by atoms with E-state index >= 15 is 0 Å². The quantitative estimate of drug-likeness (QED) is 0.771. The van der Waals surface area contributed by atoms with Crippen molar-refractivity contribution in [2.45, 2.75) is 32.8 Å². The number of carbonyl (C=O) groups is 2. The van der Waals surface area contributed by atoms with E-state index in [2.05, 4.69) is 10.6 Å². The van der Waals surface area contributed by atoms with Crippen LogP contribution in [-0.4, -0.2) is 37.7 Å². The predicted octanol–water partition coefficient (Wildman–Crippen LogP) is 3.23. The van der Waals surface area contributed by atoms with Crippen molar-refractivity contribution >= 4 is 17.5 Å². The van der Waals surface area contributed by atoms with Crippen LogP contribution in [0.1, 0.15) is 34.3 Å². The maximum absolute atomic E-state index is 12.3. The van der Waals surface area contributed by atoms with E-state index < -0.39 is 0 Å². The van der Waals surface area contributed by atoms with Gasteiger partial charge in [-0.15, -0.1) is 0 Å². The van der Waals surface area contributed by atoms with Crippen molar-refractivity contribution in [3.05, 3.63) is 59.2 Å². The highest BCUT2D eigenvalue weighted by Crippen LogP contribution is 2.19. The number of anilines is 1. The van der Waals surface area contributed by atoms with Gasteiger partial charge in [-0.25, -0.2) is 0 Å². The van der Waals surface area contributed by atoms with Gasteiger partial charge in [-0.3, -0.25) is 9.59 Å². The fourth-order valence-electron chi connectivity index (χ4n) is 3.13. The Kier molecular flexibility index (Phi) is 6.66. The van der Waals surface area contributed by atoms with Crippen molar-refractivity contribution < 1.29 is 19.1 Å². The van der Waals surface area contributed by atoms with Gasteiger partial charge in [0.2, 0.25) is 5.91 Å². The molecule has 2 amide bonds. The molecule has 1 aliphatic heterocycles. The minimum Gasteiger partial charge on any atom is -0.491 e. The lowest BCUT2D eigenvalue weighted by Gasteiger charge is -2.13. The van der Waals surface area contributed by atoms with E-state index in [0.717, 1.165) is 36.3 Å². The largest absolute Gasteiger partial charge is 0.491 e. The molecule has 148 valence electrons. The second-order valence-corrected chi connectivity index (χ2v) is 6.97. The van der Waals surface area contributed by atoms with Gasteiger partial charge in [0.05, 0.1) is 12.6 Å². The van der Waals surface area contributed by atoms with Crippen LogP contribution in [-0.2, 0) is 9.53 Å². The number of hydrogen-bond acceptors (Lipinski definition) is 4. The van der Waals surface area contributed by atoms with E-state index in [4.69, 9.17) is 9.47 Å². The predicted molar refractivity (Wildman–Crippen MR) is 108 cm³/mol. The summed E-state index contributed by atoms with van der Waals surface area (Å²) >= 11 is 0. The fraction of sp³-hybridized carbons (Fsp3) is 0.364. The molecule has 28 heavy (non-hydrogen) atoms. The molecule has 0 radical (unpaired) electrons. The molecule has 3 rings (SSSR count). The van der Waals surface area contributed by atoms with Crippen LogP contribution >= 0.6 is 0 Å². The number of amides is 2. The van der Waals surface area contributed by atoms with E-state index in [9.17, 15) is 9.59 Å². The summed E-state index contributed by atoms with van der Waals surface area (Å²) in [6.45, 7) is 5.09. The Morgan fingerprint density at radius 3 is 2.46 bits per heavy atom. The summed E-state index contributed by atoms with van der Waals surface area (Å²) in [5, 5.41) is 5.49. The third-order valence-electron chi connectivity index (χ3n) is 4.73. The van der Waals surface area contributed by atoms with Crippen molar-refractivity contribution in [2.24, 2.45) is 0 Å². The Balaban J connectivity index is 1.47. The molecule has 1 saturated heterocycles. The van der Waals surface area contributed by atoms with Crippen molar-refractivity contribution in [2.75, 3.05) is 25.1 Å². The molecule has 1 atom stereocenters. The number of para-hydroxylation sites is 1. The van der Waals surface area contributed by atoms with Crippen molar-refractivity contribution in [3.63, 3.8) is 0 Å². The van der Waals surface area contributed by atoms with Crippen LogP contribution in [0.2, 0.25) is 0 Å². The number of rotatable bonds is 7. The van der Waals surface area contributed by atoms with E-state index in [-0.39, 0.29) is 24.5 Å². The minimum atomic E-state index is -0.303. The molecule has 0 spiro atoms. The molecule has 0 saturated carbocycles. The molecule has 0 aromatic heterocycles. The number of nitrogens with one attached hydrogen (secondary N) is 2. The number of hydrogen-bond donors (Lipinski definition) is 2. The Morgan fingerprint density at radius 2 is 1.82 bits per heavy atom. The maximum Gasteiger partial charge on any atom is 0.251 e. The second-order valence-electron chi connectivity index (χ2n) is 6.97. The first-order valence-electron chi connectivity index (χ1n) is 9.51. The van der Waals surface area contributed by atoms with Gasteiger partial charge in [0.1, 0.15) is 12.4 Å². The molecule has 1 fully saturated rings. The van der Waals surface area contributed by atoms with Crippen LogP contribution in [0.15, 0.2) is 42.5 Å². The third kappa shape index (κ3) is 5.33. The molecule has 6 heteroatoms. The molecule has 0 bridgehead atoms. The first-order chi connectivity index (χ1) is 13.5. The highest BCUT2D eigenvalue weighted by molar-refractivity contribution is 5.99. The third-order valence-corrected chi connectivity index (χ3v) is 4.73. The van der Waals surface area contributed by atoms with Gasteiger partial charge in [-0.05, 0) is 62.1 Å². The maximum atomic E-state index is 12.3. The Morgan fingerprint density at radius 1 is 1.11 bits per heavy atom. The summed E-state index contributed by atoms with van der Waals surface area (Å²) in [6, 6.07) is 12.7. The molecule has 0 aliphatic carbocycles. The van der Waals surface area contributed by atoms with Gasteiger partial charge < -0.3 is 20.1 Å². The van der Waals surface area contributed by atoms with Crippen LogP contribution in [0.4, 0.5) is 5.69 Å². The Labute approximate surface area is 165 Å². The SMILES string of the molecule is Cc1cccc(C)c1NC(=O)CNC(=O)c1ccc(OC[C@H]2CCCO2)cc1. The average molecular weight is 382 g/mol. The zero-order chi connectivity index (χ0) is 19.9. The highest BCUT2D eigenvalue weighted by Gasteiger charge is 2.16. The van der Waals surface area contributed by atoms with Crippen molar-refractivity contribution in [3.8, 4) is 5.75 Å². The summed E-state index contributed by atoms with van der Waals surface area (Å²) in [5.74, 6) is 0.129. The summed E-state index contributed by atoms with van der Waals surface area (Å²) in [4.78, 5) is 24.4. The highest BCUT2D eigenvalue weighted by atomic mass is 16.5. The Bertz CT molecular complexity index is 807. The van der Waals surface area contributed by atoms with Gasteiger partial charge in [-0.2, -0.15) is 0 Å². The van der Waals surface area contributed by atoms with E-state index in [1.54, 1.807) is 24.3 Å². The summed E-state index contributed by atoms with van der Waals surface area (Å²) < 4.78 is 11.2. The van der Waals surface area contributed by atoms with Gasteiger partial charge in [0, 0.05) is 17.9 Å². The molecular formula is C22H26N2O4. The zero-order valence-electron chi connectivity index (χ0n) is 16.3. The van der Waals surface area contributed by atoms with Crippen LogP contribution in [0.3, 0.4) is 0 Å². The van der Waals surface area contributed by atoms with Gasteiger partial charge in [-0.1, -0.05) is 18.2 Å². The smallest absolute Gasteiger partial charge is 0.251 e. The second kappa shape index (κ2) is 9.37. The molecule has 1 heterocycles. The number of aryl methyl sites for hydroxylation is 2. The average Bonchev–Trinajstić information content (AvgIpc) is 3.21. The molecular weight excluding hydrogens is 356 g/mol. The lowest BCUT2D eigenvalue weighted by Crippen LogP contribution is -2.33. The summed E-state index contributed by atoms with van der Waals surface area (Å²) in [7, 11) is 0. The molecule has 2 N–H and O–H groups in total. The topological polar surface area (TPSA) is 76.7 Å². The molecule has 6 nitrogen and oxygen atoms in total. The van der Waals surface area contributed by atoms with Gasteiger partial charge >= 0.3 is 0 Å².